The molecular weight excluding hydrogens is 268 g/mol. The maximum Gasteiger partial charge on any atom is 0.206 e. The average Bonchev–Trinajstić information content (AvgIpc) is 2.52. The number of benzene rings is 1. The summed E-state index contributed by atoms with van der Waals surface area (Å²) < 4.78 is 0. The lowest BCUT2D eigenvalue weighted by atomic mass is 10.1. The molecule has 2 N–H and O–H groups in total. The maximum atomic E-state index is 9.77. The summed E-state index contributed by atoms with van der Waals surface area (Å²) in [6, 6.07) is 9.99. The molecule has 0 saturated heterocycles. The third-order valence-electron chi connectivity index (χ3n) is 2.04. The Labute approximate surface area is 128 Å². The number of hydrogen-bond acceptors (Lipinski definition) is 4. The number of nitro groups is 1. The molecule has 1 aromatic carbocycles. The molecule has 1 atom stereocenters. The van der Waals surface area contributed by atoms with Crippen molar-refractivity contribution in [3.8, 4) is 0 Å². The monoisotopic (exact) mass is 296 g/mol. The Balaban J connectivity index is -0.000000250. The van der Waals surface area contributed by atoms with Crippen LogP contribution in [0, 0.1) is 16.0 Å². The van der Waals surface area contributed by atoms with Crippen molar-refractivity contribution in [1.82, 2.24) is 0 Å². The molecule has 5 nitrogen and oxygen atoms in total. The van der Waals surface area contributed by atoms with E-state index in [1.54, 1.807) is 6.92 Å². The van der Waals surface area contributed by atoms with Crippen LogP contribution in [0.1, 0.15) is 32.8 Å². The van der Waals surface area contributed by atoms with Crippen molar-refractivity contribution in [1.29, 1.82) is 0 Å². The zero-order chi connectivity index (χ0) is 17.1. The first-order valence-electron chi connectivity index (χ1n) is 6.89. The standard InChI is InChI=1S/C7H9N.C5H9NO3.C2H6.C2H4/c8-6-7-4-2-1-3-5-7;1-5(2-3-7)4-6(8)9;2*1-2/h1-5H,6,8H2;3,5H,2,4H2,1H3;1-2H3;1-2H2/t;5-;;/m.0../s1. The Bertz CT molecular complexity index is 343. The quantitative estimate of drug-likeness (QED) is 0.390. The van der Waals surface area contributed by atoms with Gasteiger partial charge in [0.2, 0.25) is 6.54 Å². The van der Waals surface area contributed by atoms with Crippen LogP contribution in [0.4, 0.5) is 0 Å². The fourth-order valence-electron chi connectivity index (χ4n) is 1.11. The highest BCUT2D eigenvalue weighted by Gasteiger charge is 2.06. The number of nitrogens with two attached hydrogens (primary N) is 1. The molecule has 0 radical (unpaired) electrons. The zero-order valence-corrected chi connectivity index (χ0v) is 13.3. The van der Waals surface area contributed by atoms with Crippen LogP contribution in [-0.2, 0) is 11.3 Å². The van der Waals surface area contributed by atoms with Gasteiger partial charge in [-0.05, 0) is 5.56 Å². The first-order chi connectivity index (χ1) is 10.1. The molecule has 0 aliphatic heterocycles. The van der Waals surface area contributed by atoms with Gasteiger partial charge in [-0.25, -0.2) is 0 Å². The van der Waals surface area contributed by atoms with Crippen molar-refractivity contribution in [3.63, 3.8) is 0 Å². The van der Waals surface area contributed by atoms with E-state index < -0.39 is 4.92 Å². The molecule has 0 fully saturated rings. The molecule has 1 aromatic rings. The minimum atomic E-state index is -0.409. The lowest BCUT2D eigenvalue weighted by molar-refractivity contribution is -0.487. The van der Waals surface area contributed by atoms with E-state index in [0.29, 0.717) is 12.8 Å². The van der Waals surface area contributed by atoms with Crippen molar-refractivity contribution in [3.05, 3.63) is 59.2 Å². The Hall–Kier alpha value is -2.01. The summed E-state index contributed by atoms with van der Waals surface area (Å²) in [5.74, 6) is -0.127. The van der Waals surface area contributed by atoms with E-state index in [1.165, 1.54) is 5.56 Å². The molecule has 0 saturated carbocycles. The summed E-state index contributed by atoms with van der Waals surface area (Å²) in [5, 5.41) is 9.77. The van der Waals surface area contributed by atoms with Gasteiger partial charge < -0.3 is 10.5 Å². The molecule has 0 amide bonds. The van der Waals surface area contributed by atoms with Crippen LogP contribution in [0.25, 0.3) is 0 Å². The molecule has 0 bridgehead atoms. The van der Waals surface area contributed by atoms with E-state index in [1.807, 2.05) is 44.2 Å². The molecule has 0 aromatic heterocycles. The molecule has 0 heterocycles. The fraction of sp³-hybridized carbons (Fsp3) is 0.438. The molecule has 0 aliphatic rings. The Morgan fingerprint density at radius 1 is 1.29 bits per heavy atom. The zero-order valence-electron chi connectivity index (χ0n) is 13.3. The van der Waals surface area contributed by atoms with Crippen molar-refractivity contribution in [2.75, 3.05) is 6.54 Å². The van der Waals surface area contributed by atoms with Gasteiger partial charge >= 0.3 is 0 Å². The number of nitrogens with zero attached hydrogens (tertiary/aromatic N) is 1. The SMILES string of the molecule is C=C.CC.C[C@@H](CC=O)C[N+](=O)[O-].NCc1ccccc1. The number of carbonyl (C=O) groups is 1. The summed E-state index contributed by atoms with van der Waals surface area (Å²) in [4.78, 5) is 19.1. The van der Waals surface area contributed by atoms with Crippen LogP contribution in [-0.4, -0.2) is 17.8 Å². The van der Waals surface area contributed by atoms with Crippen LogP contribution in [0.5, 0.6) is 0 Å². The molecule has 0 unspecified atom stereocenters. The average molecular weight is 296 g/mol. The van der Waals surface area contributed by atoms with Gasteiger partial charge in [-0.3, -0.25) is 10.1 Å². The van der Waals surface area contributed by atoms with Gasteiger partial charge in [0, 0.05) is 23.8 Å². The van der Waals surface area contributed by atoms with Gasteiger partial charge in [-0.1, -0.05) is 51.1 Å². The van der Waals surface area contributed by atoms with Crippen LogP contribution in [0.3, 0.4) is 0 Å². The largest absolute Gasteiger partial charge is 0.326 e. The highest BCUT2D eigenvalue weighted by molar-refractivity contribution is 5.49. The Morgan fingerprint density at radius 3 is 2.05 bits per heavy atom. The number of aldehydes is 1. The van der Waals surface area contributed by atoms with Crippen molar-refractivity contribution in [2.45, 2.75) is 33.7 Å². The van der Waals surface area contributed by atoms with Crippen LogP contribution in [0.2, 0.25) is 0 Å². The number of rotatable bonds is 5. The highest BCUT2D eigenvalue weighted by Crippen LogP contribution is 1.97. The molecular formula is C16H28N2O3. The van der Waals surface area contributed by atoms with Gasteiger partial charge in [0.05, 0.1) is 0 Å². The molecule has 0 aliphatic carbocycles. The highest BCUT2D eigenvalue weighted by atomic mass is 16.6. The first kappa shape index (κ1) is 24.0. The molecule has 5 heteroatoms. The van der Waals surface area contributed by atoms with E-state index in [2.05, 4.69) is 13.2 Å². The van der Waals surface area contributed by atoms with E-state index in [-0.39, 0.29) is 18.9 Å². The third-order valence-corrected chi connectivity index (χ3v) is 2.04. The maximum absolute atomic E-state index is 9.77. The molecule has 120 valence electrons. The van der Waals surface area contributed by atoms with E-state index in [9.17, 15) is 14.9 Å². The molecule has 21 heavy (non-hydrogen) atoms. The summed E-state index contributed by atoms with van der Waals surface area (Å²) in [7, 11) is 0. The van der Waals surface area contributed by atoms with Crippen molar-refractivity contribution < 1.29 is 9.72 Å². The summed E-state index contributed by atoms with van der Waals surface area (Å²) in [6.07, 6.45) is 0.981. The Kier molecular flexibility index (Phi) is 23.2. The van der Waals surface area contributed by atoms with Gasteiger partial charge in [-0.15, -0.1) is 13.2 Å². The van der Waals surface area contributed by atoms with Crippen LogP contribution in [0.15, 0.2) is 43.5 Å². The Morgan fingerprint density at radius 2 is 1.76 bits per heavy atom. The van der Waals surface area contributed by atoms with E-state index in [4.69, 9.17) is 5.73 Å². The van der Waals surface area contributed by atoms with Crippen LogP contribution >= 0.6 is 0 Å². The minimum Gasteiger partial charge on any atom is -0.326 e. The fourth-order valence-corrected chi connectivity index (χ4v) is 1.11. The van der Waals surface area contributed by atoms with Crippen molar-refractivity contribution in [2.24, 2.45) is 11.7 Å². The lowest BCUT2D eigenvalue weighted by Gasteiger charge is -1.97. The predicted molar refractivity (Wildman–Crippen MR) is 88.6 cm³/mol. The van der Waals surface area contributed by atoms with Gasteiger partial charge in [0.1, 0.15) is 6.29 Å². The summed E-state index contributed by atoms with van der Waals surface area (Å²) >= 11 is 0. The van der Waals surface area contributed by atoms with Crippen LogP contribution < -0.4 is 5.73 Å². The predicted octanol–water partition coefficient (Wildman–Crippen LogP) is 3.46. The number of hydrogen-bond donors (Lipinski definition) is 1. The summed E-state index contributed by atoms with van der Waals surface area (Å²) in [6.45, 7) is 12.2. The molecule has 1 rings (SSSR count). The topological polar surface area (TPSA) is 86.2 Å². The van der Waals surface area contributed by atoms with Gasteiger partial charge in [-0.2, -0.15) is 0 Å². The minimum absolute atomic E-state index is 0.112. The second-order valence-electron chi connectivity index (χ2n) is 3.71. The third kappa shape index (κ3) is 20.5. The van der Waals surface area contributed by atoms with E-state index in [0.717, 1.165) is 0 Å². The second kappa shape index (κ2) is 20.3. The van der Waals surface area contributed by atoms with Gasteiger partial charge in [0.25, 0.3) is 0 Å². The van der Waals surface area contributed by atoms with Gasteiger partial charge in [0.15, 0.2) is 0 Å². The summed E-state index contributed by atoms with van der Waals surface area (Å²) in [5.41, 5.74) is 6.54. The lowest BCUT2D eigenvalue weighted by Crippen LogP contribution is -2.10. The number of carbonyl (C=O) groups excluding carboxylic acids is 1. The second-order valence-corrected chi connectivity index (χ2v) is 3.71. The molecule has 0 spiro atoms. The normalized spacial score (nSPS) is 9.33. The van der Waals surface area contributed by atoms with E-state index >= 15 is 0 Å². The smallest absolute Gasteiger partial charge is 0.206 e. The van der Waals surface area contributed by atoms with Crippen molar-refractivity contribution >= 4 is 6.29 Å². The first-order valence-corrected chi connectivity index (χ1v) is 6.89.